The molecule has 1 aliphatic rings. The third-order valence-electron chi connectivity index (χ3n) is 3.10. The first-order valence-corrected chi connectivity index (χ1v) is 7.89. The summed E-state index contributed by atoms with van der Waals surface area (Å²) in [6, 6.07) is 6.20. The maximum absolute atomic E-state index is 12.0. The summed E-state index contributed by atoms with van der Waals surface area (Å²) in [5.41, 5.74) is 0. The average molecular weight is 290 g/mol. The zero-order valence-electron chi connectivity index (χ0n) is 9.92. The van der Waals surface area contributed by atoms with Crippen molar-refractivity contribution in [2.75, 3.05) is 25.4 Å². The number of benzene rings is 1. The summed E-state index contributed by atoms with van der Waals surface area (Å²) in [5.74, 6) is 0.0708. The molecule has 1 fully saturated rings. The molecular weight excluding hydrogens is 274 g/mol. The van der Waals surface area contributed by atoms with E-state index in [2.05, 4.69) is 0 Å². The van der Waals surface area contributed by atoms with Gasteiger partial charge >= 0.3 is 0 Å². The number of β-amino-alcohol motifs (C(OH)–C–C–N with tert-alkyl or cyclic N) is 1. The molecule has 1 N–H and O–H groups in total. The third kappa shape index (κ3) is 3.45. The summed E-state index contributed by atoms with van der Waals surface area (Å²) in [6.45, 7) is 1.79. The Kier molecular flexibility index (Phi) is 4.27. The maximum Gasteiger partial charge on any atom is 0.179 e. The number of rotatable bonds is 4. The molecule has 0 amide bonds. The van der Waals surface area contributed by atoms with Gasteiger partial charge in [-0.2, -0.15) is 0 Å². The molecule has 1 aliphatic heterocycles. The van der Waals surface area contributed by atoms with Gasteiger partial charge in [0, 0.05) is 24.7 Å². The lowest BCUT2D eigenvalue weighted by Gasteiger charge is -2.14. The molecule has 0 spiro atoms. The van der Waals surface area contributed by atoms with E-state index in [0.29, 0.717) is 23.0 Å². The van der Waals surface area contributed by atoms with Crippen LogP contribution in [0.1, 0.15) is 6.42 Å². The number of aliphatic hydroxyl groups excluding tert-OH is 1. The van der Waals surface area contributed by atoms with Crippen LogP contribution >= 0.6 is 11.6 Å². The molecule has 0 radical (unpaired) electrons. The van der Waals surface area contributed by atoms with E-state index in [9.17, 15) is 13.5 Å². The quantitative estimate of drug-likeness (QED) is 0.904. The minimum Gasteiger partial charge on any atom is -0.392 e. The van der Waals surface area contributed by atoms with Crippen molar-refractivity contribution >= 4 is 21.4 Å². The predicted octanol–water partition coefficient (Wildman–Crippen LogP) is 1.18. The highest BCUT2D eigenvalue weighted by atomic mass is 35.5. The van der Waals surface area contributed by atoms with Crippen molar-refractivity contribution < 1.29 is 13.5 Å². The first-order valence-electron chi connectivity index (χ1n) is 5.86. The summed E-state index contributed by atoms with van der Waals surface area (Å²) in [7, 11) is -3.26. The molecule has 0 aromatic heterocycles. The van der Waals surface area contributed by atoms with Crippen LogP contribution in [0.15, 0.2) is 29.2 Å². The Morgan fingerprint density at radius 3 is 2.56 bits per heavy atom. The molecule has 100 valence electrons. The smallest absolute Gasteiger partial charge is 0.179 e. The van der Waals surface area contributed by atoms with Crippen LogP contribution in [0.5, 0.6) is 0 Å². The second-order valence-electron chi connectivity index (χ2n) is 4.52. The fraction of sp³-hybridized carbons (Fsp3) is 0.500. The van der Waals surface area contributed by atoms with Crippen molar-refractivity contribution in [3.05, 3.63) is 29.3 Å². The van der Waals surface area contributed by atoms with Gasteiger partial charge in [-0.25, -0.2) is 8.42 Å². The van der Waals surface area contributed by atoms with Crippen LogP contribution in [0, 0.1) is 0 Å². The van der Waals surface area contributed by atoms with E-state index in [1.54, 1.807) is 12.1 Å². The normalized spacial score (nSPS) is 21.3. The fourth-order valence-corrected chi connectivity index (χ4v) is 3.44. The van der Waals surface area contributed by atoms with E-state index in [0.717, 1.165) is 13.0 Å². The number of likely N-dealkylation sites (tertiary alicyclic amines) is 1. The van der Waals surface area contributed by atoms with E-state index < -0.39 is 9.84 Å². The van der Waals surface area contributed by atoms with Gasteiger partial charge in [0.1, 0.15) is 0 Å². The molecule has 4 nitrogen and oxygen atoms in total. The zero-order valence-corrected chi connectivity index (χ0v) is 11.5. The van der Waals surface area contributed by atoms with Crippen molar-refractivity contribution in [1.29, 1.82) is 0 Å². The number of hydrogen-bond acceptors (Lipinski definition) is 4. The minimum absolute atomic E-state index is 0.0708. The molecule has 0 unspecified atom stereocenters. The monoisotopic (exact) mass is 289 g/mol. The first kappa shape index (κ1) is 13.8. The Morgan fingerprint density at radius 2 is 2.00 bits per heavy atom. The minimum atomic E-state index is -3.26. The van der Waals surface area contributed by atoms with Gasteiger partial charge in [0.2, 0.25) is 0 Å². The molecule has 1 saturated heterocycles. The summed E-state index contributed by atoms with van der Waals surface area (Å²) >= 11 is 5.73. The molecule has 1 atom stereocenters. The van der Waals surface area contributed by atoms with Gasteiger partial charge in [-0.05, 0) is 30.7 Å². The Morgan fingerprint density at radius 1 is 1.33 bits per heavy atom. The summed E-state index contributed by atoms with van der Waals surface area (Å²) in [4.78, 5) is 2.27. The average Bonchev–Trinajstić information content (AvgIpc) is 2.73. The molecule has 0 bridgehead atoms. The summed E-state index contributed by atoms with van der Waals surface area (Å²) in [5, 5.41) is 9.90. The largest absolute Gasteiger partial charge is 0.392 e. The van der Waals surface area contributed by atoms with Gasteiger partial charge in [-0.3, -0.25) is 4.90 Å². The lowest BCUT2D eigenvalue weighted by atomic mass is 10.3. The Balaban J connectivity index is 1.97. The van der Waals surface area contributed by atoms with Crippen molar-refractivity contribution in [2.24, 2.45) is 0 Å². The van der Waals surface area contributed by atoms with Gasteiger partial charge in [0.05, 0.1) is 16.8 Å². The van der Waals surface area contributed by atoms with Crippen molar-refractivity contribution in [3.8, 4) is 0 Å². The Bertz CT molecular complexity index is 501. The van der Waals surface area contributed by atoms with Crippen LogP contribution in [0.2, 0.25) is 5.02 Å². The number of nitrogens with zero attached hydrogens (tertiary/aromatic N) is 1. The van der Waals surface area contributed by atoms with E-state index in [1.165, 1.54) is 12.1 Å². The SMILES string of the molecule is O=S(=O)(CCN1CC[C@@H](O)C1)c1ccc(Cl)cc1. The van der Waals surface area contributed by atoms with Gasteiger partial charge < -0.3 is 5.11 Å². The highest BCUT2D eigenvalue weighted by Gasteiger charge is 2.22. The van der Waals surface area contributed by atoms with Gasteiger partial charge in [-0.15, -0.1) is 0 Å². The van der Waals surface area contributed by atoms with Crippen molar-refractivity contribution in [1.82, 2.24) is 4.90 Å². The number of halogens is 1. The maximum atomic E-state index is 12.0. The van der Waals surface area contributed by atoms with Gasteiger partial charge in [0.15, 0.2) is 9.84 Å². The molecule has 0 aliphatic carbocycles. The van der Waals surface area contributed by atoms with Crippen LogP contribution in [-0.4, -0.2) is 49.9 Å². The lowest BCUT2D eigenvalue weighted by Crippen LogP contribution is -2.28. The second kappa shape index (κ2) is 5.57. The molecule has 0 saturated carbocycles. The standard InChI is InChI=1S/C12H16ClNO3S/c13-10-1-3-12(4-2-10)18(16,17)8-7-14-6-5-11(15)9-14/h1-4,11,15H,5-9H2/t11-/m1/s1. The van der Waals surface area contributed by atoms with Gasteiger partial charge in [0.25, 0.3) is 0 Å². The second-order valence-corrected chi connectivity index (χ2v) is 7.06. The summed E-state index contributed by atoms with van der Waals surface area (Å²) < 4.78 is 24.1. The van der Waals surface area contributed by atoms with Crippen LogP contribution in [0.25, 0.3) is 0 Å². The van der Waals surface area contributed by atoms with Crippen LogP contribution in [0.4, 0.5) is 0 Å². The van der Waals surface area contributed by atoms with E-state index in [1.807, 2.05) is 4.90 Å². The number of sulfone groups is 1. The number of aliphatic hydroxyl groups is 1. The van der Waals surface area contributed by atoms with Crippen LogP contribution < -0.4 is 0 Å². The number of hydrogen-bond donors (Lipinski definition) is 1. The van der Waals surface area contributed by atoms with E-state index >= 15 is 0 Å². The Hall–Kier alpha value is -0.620. The van der Waals surface area contributed by atoms with Gasteiger partial charge in [-0.1, -0.05) is 11.6 Å². The van der Waals surface area contributed by atoms with E-state index in [4.69, 9.17) is 11.6 Å². The molecule has 18 heavy (non-hydrogen) atoms. The zero-order chi connectivity index (χ0) is 13.2. The van der Waals surface area contributed by atoms with Crippen LogP contribution in [0.3, 0.4) is 0 Å². The molecule has 2 rings (SSSR count). The van der Waals surface area contributed by atoms with Crippen LogP contribution in [-0.2, 0) is 9.84 Å². The molecule has 1 heterocycles. The third-order valence-corrected chi connectivity index (χ3v) is 5.06. The van der Waals surface area contributed by atoms with Crippen molar-refractivity contribution in [3.63, 3.8) is 0 Å². The highest BCUT2D eigenvalue weighted by molar-refractivity contribution is 7.91. The van der Waals surface area contributed by atoms with Crippen molar-refractivity contribution in [2.45, 2.75) is 17.4 Å². The fourth-order valence-electron chi connectivity index (χ4n) is 2.02. The summed E-state index contributed by atoms with van der Waals surface area (Å²) in [6.07, 6.45) is 0.407. The lowest BCUT2D eigenvalue weighted by molar-refractivity contribution is 0.178. The molecule has 1 aromatic rings. The molecule has 1 aromatic carbocycles. The molecule has 6 heteroatoms. The Labute approximate surface area is 112 Å². The van der Waals surface area contributed by atoms with E-state index in [-0.39, 0.29) is 11.9 Å². The highest BCUT2D eigenvalue weighted by Crippen LogP contribution is 2.16. The first-order chi connectivity index (χ1) is 8.47. The topological polar surface area (TPSA) is 57.6 Å². The molecular formula is C12H16ClNO3S. The predicted molar refractivity (Wildman–Crippen MR) is 70.6 cm³/mol.